The summed E-state index contributed by atoms with van der Waals surface area (Å²) in [7, 11) is 1.18. The van der Waals surface area contributed by atoms with Crippen LogP contribution in [0.1, 0.15) is 21.7 Å². The summed E-state index contributed by atoms with van der Waals surface area (Å²) in [5.41, 5.74) is 0.544. The molecule has 0 atom stereocenters. The van der Waals surface area contributed by atoms with Gasteiger partial charge in [-0.05, 0) is 35.9 Å². The SMILES string of the molecule is COc1ccc(NCc2ccc3cc(C(=O)O)oc3c2)cc1C(F)(F)F. The van der Waals surface area contributed by atoms with E-state index in [9.17, 15) is 18.0 Å². The number of methoxy groups -OCH3 is 1. The number of benzene rings is 2. The minimum absolute atomic E-state index is 0.171. The number of fused-ring (bicyclic) bond motifs is 1. The molecule has 0 aliphatic rings. The number of nitrogens with one attached hydrogen (secondary N) is 1. The van der Waals surface area contributed by atoms with Gasteiger partial charge in [0, 0.05) is 17.6 Å². The molecule has 1 heterocycles. The van der Waals surface area contributed by atoms with Crippen LogP contribution in [-0.2, 0) is 12.7 Å². The van der Waals surface area contributed by atoms with E-state index in [1.54, 1.807) is 18.2 Å². The molecule has 3 rings (SSSR count). The number of carbonyl (C=O) groups is 1. The van der Waals surface area contributed by atoms with Gasteiger partial charge in [0.1, 0.15) is 11.3 Å². The van der Waals surface area contributed by atoms with Gasteiger partial charge in [-0.15, -0.1) is 0 Å². The largest absolute Gasteiger partial charge is 0.496 e. The van der Waals surface area contributed by atoms with Gasteiger partial charge < -0.3 is 19.6 Å². The van der Waals surface area contributed by atoms with Gasteiger partial charge in [0.2, 0.25) is 5.76 Å². The molecule has 0 aliphatic carbocycles. The van der Waals surface area contributed by atoms with Crippen molar-refractivity contribution in [1.29, 1.82) is 0 Å². The molecule has 0 bridgehead atoms. The minimum Gasteiger partial charge on any atom is -0.496 e. The fourth-order valence-electron chi connectivity index (χ4n) is 2.53. The maximum Gasteiger partial charge on any atom is 0.420 e. The van der Waals surface area contributed by atoms with E-state index in [1.807, 2.05) is 0 Å². The Morgan fingerprint density at radius 2 is 1.96 bits per heavy atom. The number of hydrogen-bond acceptors (Lipinski definition) is 4. The first-order chi connectivity index (χ1) is 12.3. The Morgan fingerprint density at radius 3 is 2.62 bits per heavy atom. The smallest absolute Gasteiger partial charge is 0.420 e. The third kappa shape index (κ3) is 3.58. The van der Waals surface area contributed by atoms with Crippen LogP contribution < -0.4 is 10.1 Å². The van der Waals surface area contributed by atoms with Crippen LogP contribution in [0.3, 0.4) is 0 Å². The van der Waals surface area contributed by atoms with E-state index < -0.39 is 17.7 Å². The van der Waals surface area contributed by atoms with Crippen LogP contribution in [0.5, 0.6) is 5.75 Å². The molecule has 0 unspecified atom stereocenters. The lowest BCUT2D eigenvalue weighted by Crippen LogP contribution is -2.09. The number of carboxylic acid groups (broad SMARTS) is 1. The summed E-state index contributed by atoms with van der Waals surface area (Å²) in [4.78, 5) is 10.9. The number of furan rings is 1. The average Bonchev–Trinajstić information content (AvgIpc) is 3.02. The number of alkyl halides is 3. The molecule has 0 saturated carbocycles. The zero-order valence-electron chi connectivity index (χ0n) is 13.6. The van der Waals surface area contributed by atoms with E-state index in [4.69, 9.17) is 14.3 Å². The Kier molecular flexibility index (Phi) is 4.50. The number of carboxylic acids is 1. The Balaban J connectivity index is 1.80. The summed E-state index contributed by atoms with van der Waals surface area (Å²) in [6.45, 7) is 0.239. The maximum atomic E-state index is 13.1. The first-order valence-electron chi connectivity index (χ1n) is 7.53. The van der Waals surface area contributed by atoms with Gasteiger partial charge in [-0.3, -0.25) is 0 Å². The molecule has 26 heavy (non-hydrogen) atoms. The van der Waals surface area contributed by atoms with Crippen LogP contribution >= 0.6 is 0 Å². The summed E-state index contributed by atoms with van der Waals surface area (Å²) in [6.07, 6.45) is -4.52. The summed E-state index contributed by atoms with van der Waals surface area (Å²) in [5, 5.41) is 12.5. The molecule has 0 saturated heterocycles. The molecule has 8 heteroatoms. The van der Waals surface area contributed by atoms with Gasteiger partial charge in [-0.25, -0.2) is 4.79 Å². The van der Waals surface area contributed by atoms with Crippen molar-refractivity contribution in [2.75, 3.05) is 12.4 Å². The lowest BCUT2D eigenvalue weighted by atomic mass is 10.1. The second-order valence-corrected chi connectivity index (χ2v) is 5.55. The van der Waals surface area contributed by atoms with Crippen molar-refractivity contribution >= 4 is 22.6 Å². The zero-order chi connectivity index (χ0) is 18.9. The molecule has 3 aromatic rings. The highest BCUT2D eigenvalue weighted by Gasteiger charge is 2.34. The topological polar surface area (TPSA) is 71.7 Å². The van der Waals surface area contributed by atoms with Gasteiger partial charge in [0.25, 0.3) is 0 Å². The van der Waals surface area contributed by atoms with Gasteiger partial charge in [-0.1, -0.05) is 12.1 Å². The molecule has 0 aliphatic heterocycles. The van der Waals surface area contributed by atoms with Crippen molar-refractivity contribution in [3.63, 3.8) is 0 Å². The maximum absolute atomic E-state index is 13.1. The van der Waals surface area contributed by atoms with Crippen LogP contribution in [0.4, 0.5) is 18.9 Å². The number of aromatic carboxylic acids is 1. The molecule has 0 fully saturated rings. The van der Waals surface area contributed by atoms with E-state index in [0.29, 0.717) is 11.0 Å². The highest BCUT2D eigenvalue weighted by Crippen LogP contribution is 2.37. The number of rotatable bonds is 5. The number of ether oxygens (including phenoxy) is 1. The van der Waals surface area contributed by atoms with Crippen molar-refractivity contribution in [3.8, 4) is 5.75 Å². The van der Waals surface area contributed by atoms with Crippen molar-refractivity contribution in [2.45, 2.75) is 12.7 Å². The second kappa shape index (κ2) is 6.62. The molecule has 136 valence electrons. The highest BCUT2D eigenvalue weighted by atomic mass is 19.4. The Hall–Kier alpha value is -3.16. The molecular formula is C18H14F3NO4. The second-order valence-electron chi connectivity index (χ2n) is 5.55. The van der Waals surface area contributed by atoms with Crippen LogP contribution in [-0.4, -0.2) is 18.2 Å². The first kappa shape index (κ1) is 17.7. The predicted octanol–water partition coefficient (Wildman–Crippen LogP) is 4.77. The molecule has 1 aromatic heterocycles. The van der Waals surface area contributed by atoms with Crippen LogP contribution in [0, 0.1) is 0 Å². The van der Waals surface area contributed by atoms with Crippen molar-refractivity contribution < 1.29 is 32.2 Å². The van der Waals surface area contributed by atoms with Crippen molar-refractivity contribution in [1.82, 2.24) is 0 Å². The molecule has 0 amide bonds. The molecule has 2 N–H and O–H groups in total. The molecule has 2 aromatic carbocycles. The van der Waals surface area contributed by atoms with Gasteiger partial charge in [0.15, 0.2) is 0 Å². The molecule has 0 spiro atoms. The summed E-state index contributed by atoms with van der Waals surface area (Å²) in [5.74, 6) is -1.59. The average molecular weight is 365 g/mol. The molecular weight excluding hydrogens is 351 g/mol. The summed E-state index contributed by atoms with van der Waals surface area (Å²) in [6, 6.07) is 10.2. The highest BCUT2D eigenvalue weighted by molar-refractivity contribution is 5.91. The quantitative estimate of drug-likeness (QED) is 0.681. The van der Waals surface area contributed by atoms with Crippen molar-refractivity contribution in [2.24, 2.45) is 0 Å². The Morgan fingerprint density at radius 1 is 1.19 bits per heavy atom. The third-order valence-corrected chi connectivity index (χ3v) is 3.80. The number of halogens is 3. The zero-order valence-corrected chi connectivity index (χ0v) is 13.6. The van der Waals surface area contributed by atoms with Gasteiger partial charge in [-0.2, -0.15) is 13.2 Å². The van der Waals surface area contributed by atoms with E-state index >= 15 is 0 Å². The standard InChI is InChI=1S/C18H14F3NO4/c1-25-14-5-4-12(8-13(14)18(19,20)21)22-9-10-2-3-11-7-16(17(23)24)26-15(11)6-10/h2-8,22H,9H2,1H3,(H,23,24). The Labute approximate surface area is 146 Å². The fraction of sp³-hybridized carbons (Fsp3) is 0.167. The predicted molar refractivity (Wildman–Crippen MR) is 88.5 cm³/mol. The number of anilines is 1. The summed E-state index contributed by atoms with van der Waals surface area (Å²) >= 11 is 0. The van der Waals surface area contributed by atoms with Crippen molar-refractivity contribution in [3.05, 3.63) is 59.4 Å². The first-order valence-corrected chi connectivity index (χ1v) is 7.53. The lowest BCUT2D eigenvalue weighted by molar-refractivity contribution is -0.138. The minimum atomic E-state index is -4.52. The number of hydrogen-bond donors (Lipinski definition) is 2. The molecule has 5 nitrogen and oxygen atoms in total. The van der Waals surface area contributed by atoms with E-state index in [1.165, 1.54) is 25.3 Å². The van der Waals surface area contributed by atoms with E-state index in [0.717, 1.165) is 11.6 Å². The fourth-order valence-corrected chi connectivity index (χ4v) is 2.53. The van der Waals surface area contributed by atoms with Gasteiger partial charge in [0.05, 0.1) is 12.7 Å². The summed E-state index contributed by atoms with van der Waals surface area (Å²) < 4.78 is 49.1. The monoisotopic (exact) mass is 365 g/mol. The van der Waals surface area contributed by atoms with Crippen LogP contribution in [0.15, 0.2) is 46.9 Å². The molecule has 0 radical (unpaired) electrons. The van der Waals surface area contributed by atoms with Crippen LogP contribution in [0.25, 0.3) is 11.0 Å². The van der Waals surface area contributed by atoms with E-state index in [2.05, 4.69) is 5.32 Å². The van der Waals surface area contributed by atoms with Gasteiger partial charge >= 0.3 is 12.1 Å². The normalized spacial score (nSPS) is 11.5. The lowest BCUT2D eigenvalue weighted by Gasteiger charge is -2.14. The van der Waals surface area contributed by atoms with Crippen LogP contribution in [0.2, 0.25) is 0 Å². The third-order valence-electron chi connectivity index (χ3n) is 3.80. The van der Waals surface area contributed by atoms with E-state index in [-0.39, 0.29) is 23.7 Å². The Bertz CT molecular complexity index is 963.